The van der Waals surface area contributed by atoms with Crippen molar-refractivity contribution in [3.8, 4) is 22.4 Å². The van der Waals surface area contributed by atoms with Crippen molar-refractivity contribution >= 4 is 21.4 Å². The van der Waals surface area contributed by atoms with Gasteiger partial charge in [-0.05, 0) is 42.8 Å². The fraction of sp³-hybridized carbons (Fsp3) is 0.111. The molecule has 0 amide bonds. The molecule has 0 aliphatic rings. The summed E-state index contributed by atoms with van der Waals surface area (Å²) in [4.78, 5) is 0.277. The Hall–Kier alpha value is -2.24. The van der Waals surface area contributed by atoms with Gasteiger partial charge in [-0.1, -0.05) is 35.9 Å². The first-order chi connectivity index (χ1) is 11.3. The van der Waals surface area contributed by atoms with Crippen LogP contribution in [0.15, 0.2) is 59.5 Å². The summed E-state index contributed by atoms with van der Waals surface area (Å²) in [5.41, 5.74) is 4.20. The number of aryl methyl sites for hydroxylation is 1. The summed E-state index contributed by atoms with van der Waals surface area (Å²) < 4.78 is 23.2. The Labute approximate surface area is 146 Å². The first-order valence-corrected chi connectivity index (χ1v) is 9.52. The average Bonchev–Trinajstić information content (AvgIpc) is 2.55. The van der Waals surface area contributed by atoms with Gasteiger partial charge in [-0.2, -0.15) is 5.10 Å². The van der Waals surface area contributed by atoms with E-state index in [-0.39, 0.29) is 4.90 Å². The van der Waals surface area contributed by atoms with Gasteiger partial charge in [-0.3, -0.25) is 0 Å². The summed E-state index contributed by atoms with van der Waals surface area (Å²) in [5, 5.41) is 9.11. The van der Waals surface area contributed by atoms with E-state index in [1.54, 1.807) is 24.3 Å². The molecule has 0 N–H and O–H groups in total. The number of nitrogens with zero attached hydrogens (tertiary/aromatic N) is 2. The van der Waals surface area contributed by atoms with Crippen molar-refractivity contribution in [2.24, 2.45) is 0 Å². The summed E-state index contributed by atoms with van der Waals surface area (Å²) in [6, 6.07) is 16.1. The zero-order valence-electron chi connectivity index (χ0n) is 13.2. The van der Waals surface area contributed by atoms with E-state index in [2.05, 4.69) is 10.2 Å². The Morgan fingerprint density at radius 1 is 0.875 bits per heavy atom. The van der Waals surface area contributed by atoms with E-state index in [4.69, 9.17) is 11.6 Å². The molecule has 3 aromatic rings. The minimum Gasteiger partial charge on any atom is -0.224 e. The Morgan fingerprint density at radius 2 is 1.46 bits per heavy atom. The highest BCUT2D eigenvalue weighted by atomic mass is 35.5. The average molecular weight is 359 g/mol. The lowest BCUT2D eigenvalue weighted by atomic mass is 9.99. The third kappa shape index (κ3) is 3.47. The fourth-order valence-electron chi connectivity index (χ4n) is 2.41. The zero-order valence-corrected chi connectivity index (χ0v) is 14.8. The molecule has 1 aromatic heterocycles. The van der Waals surface area contributed by atoms with Crippen LogP contribution in [0, 0.1) is 6.92 Å². The van der Waals surface area contributed by atoms with E-state index < -0.39 is 9.84 Å². The van der Waals surface area contributed by atoms with Gasteiger partial charge in [-0.25, -0.2) is 8.42 Å². The minimum atomic E-state index is -3.23. The topological polar surface area (TPSA) is 59.9 Å². The maximum Gasteiger partial charge on any atom is 0.175 e. The van der Waals surface area contributed by atoms with Crippen LogP contribution in [-0.2, 0) is 9.84 Å². The van der Waals surface area contributed by atoms with Gasteiger partial charge in [0.1, 0.15) is 5.69 Å². The third-order valence-corrected chi connectivity index (χ3v) is 5.01. The van der Waals surface area contributed by atoms with E-state index in [1.165, 1.54) is 6.26 Å². The van der Waals surface area contributed by atoms with Crippen LogP contribution in [0.1, 0.15) is 5.69 Å². The van der Waals surface area contributed by atoms with E-state index in [1.807, 2.05) is 37.3 Å². The number of benzene rings is 2. The molecule has 0 saturated carbocycles. The van der Waals surface area contributed by atoms with Crippen LogP contribution in [-0.4, -0.2) is 24.9 Å². The molecule has 0 aliphatic carbocycles. The second-order valence-corrected chi connectivity index (χ2v) is 8.00. The van der Waals surface area contributed by atoms with E-state index in [9.17, 15) is 8.42 Å². The molecular weight excluding hydrogens is 344 g/mol. The molecule has 1 heterocycles. The maximum absolute atomic E-state index is 11.6. The van der Waals surface area contributed by atoms with Crippen molar-refractivity contribution in [2.45, 2.75) is 11.8 Å². The van der Waals surface area contributed by atoms with Gasteiger partial charge in [0, 0.05) is 22.4 Å². The number of aromatic nitrogens is 2. The number of halogens is 1. The minimum absolute atomic E-state index is 0.277. The standard InChI is InChI=1S/C18H15ClN2O2S/c1-12-11-17(13-3-7-15(19)8-4-13)18(21-20-12)14-5-9-16(10-6-14)24(2,22)23/h3-11H,1-2H3. The molecule has 0 bridgehead atoms. The molecule has 0 spiro atoms. The molecule has 122 valence electrons. The number of rotatable bonds is 3. The van der Waals surface area contributed by atoms with Crippen LogP contribution < -0.4 is 0 Å². The molecule has 0 radical (unpaired) electrons. The van der Waals surface area contributed by atoms with Crippen molar-refractivity contribution in [1.82, 2.24) is 10.2 Å². The number of hydrogen-bond donors (Lipinski definition) is 0. The fourth-order valence-corrected chi connectivity index (χ4v) is 3.17. The van der Waals surface area contributed by atoms with Gasteiger partial charge in [0.2, 0.25) is 0 Å². The van der Waals surface area contributed by atoms with Gasteiger partial charge in [0.25, 0.3) is 0 Å². The van der Waals surface area contributed by atoms with Crippen LogP contribution in [0.25, 0.3) is 22.4 Å². The molecule has 2 aromatic carbocycles. The Morgan fingerprint density at radius 3 is 2.04 bits per heavy atom. The lowest BCUT2D eigenvalue weighted by molar-refractivity contribution is 0.602. The van der Waals surface area contributed by atoms with Crippen molar-refractivity contribution in [2.75, 3.05) is 6.26 Å². The molecule has 6 heteroatoms. The smallest absolute Gasteiger partial charge is 0.175 e. The highest BCUT2D eigenvalue weighted by molar-refractivity contribution is 7.90. The van der Waals surface area contributed by atoms with Crippen molar-refractivity contribution in [3.63, 3.8) is 0 Å². The molecule has 0 atom stereocenters. The largest absolute Gasteiger partial charge is 0.224 e. The SMILES string of the molecule is Cc1cc(-c2ccc(Cl)cc2)c(-c2ccc(S(C)(=O)=O)cc2)nn1. The van der Waals surface area contributed by atoms with Crippen LogP contribution >= 0.6 is 11.6 Å². The van der Waals surface area contributed by atoms with E-state index in [0.717, 1.165) is 22.4 Å². The van der Waals surface area contributed by atoms with Gasteiger partial charge in [0.15, 0.2) is 9.84 Å². The summed E-state index contributed by atoms with van der Waals surface area (Å²) in [5.74, 6) is 0. The second kappa shape index (κ2) is 6.34. The first-order valence-electron chi connectivity index (χ1n) is 7.25. The molecule has 0 aliphatic heterocycles. The first kappa shape index (κ1) is 16.6. The molecule has 0 unspecified atom stereocenters. The van der Waals surface area contributed by atoms with Gasteiger partial charge in [0.05, 0.1) is 10.6 Å². The highest BCUT2D eigenvalue weighted by Gasteiger charge is 2.12. The van der Waals surface area contributed by atoms with Crippen LogP contribution in [0.3, 0.4) is 0 Å². The lowest BCUT2D eigenvalue weighted by Gasteiger charge is -2.10. The van der Waals surface area contributed by atoms with E-state index >= 15 is 0 Å². The van der Waals surface area contributed by atoms with Crippen LogP contribution in [0.5, 0.6) is 0 Å². The van der Waals surface area contributed by atoms with Gasteiger partial charge in [-0.15, -0.1) is 5.10 Å². The van der Waals surface area contributed by atoms with Crippen molar-refractivity contribution in [3.05, 3.63) is 65.3 Å². The summed E-state index contributed by atoms with van der Waals surface area (Å²) >= 11 is 5.96. The molecule has 0 saturated heterocycles. The third-order valence-electron chi connectivity index (χ3n) is 3.63. The van der Waals surface area contributed by atoms with Gasteiger partial charge < -0.3 is 0 Å². The van der Waals surface area contributed by atoms with Crippen LogP contribution in [0.2, 0.25) is 5.02 Å². The normalized spacial score (nSPS) is 11.5. The zero-order chi connectivity index (χ0) is 17.3. The molecule has 24 heavy (non-hydrogen) atoms. The number of sulfone groups is 1. The van der Waals surface area contributed by atoms with E-state index in [0.29, 0.717) is 10.7 Å². The Balaban J connectivity index is 2.13. The maximum atomic E-state index is 11.6. The Bertz CT molecular complexity index is 983. The predicted molar refractivity (Wildman–Crippen MR) is 95.8 cm³/mol. The molecular formula is C18H15ClN2O2S. The summed E-state index contributed by atoms with van der Waals surface area (Å²) in [6.45, 7) is 1.88. The lowest BCUT2D eigenvalue weighted by Crippen LogP contribution is -1.98. The van der Waals surface area contributed by atoms with Crippen LogP contribution in [0.4, 0.5) is 0 Å². The predicted octanol–water partition coefficient (Wildman–Crippen LogP) is 4.18. The van der Waals surface area contributed by atoms with Crippen molar-refractivity contribution < 1.29 is 8.42 Å². The summed E-state index contributed by atoms with van der Waals surface area (Å²) in [6.07, 6.45) is 1.19. The highest BCUT2D eigenvalue weighted by Crippen LogP contribution is 2.31. The monoisotopic (exact) mass is 358 g/mol. The molecule has 3 rings (SSSR count). The Kier molecular flexibility index (Phi) is 4.39. The van der Waals surface area contributed by atoms with Crippen molar-refractivity contribution in [1.29, 1.82) is 0 Å². The summed E-state index contributed by atoms with van der Waals surface area (Å²) in [7, 11) is -3.23. The number of hydrogen-bond acceptors (Lipinski definition) is 4. The molecule has 4 nitrogen and oxygen atoms in total. The second-order valence-electron chi connectivity index (χ2n) is 5.55. The quantitative estimate of drug-likeness (QED) is 0.704. The van der Waals surface area contributed by atoms with Gasteiger partial charge >= 0.3 is 0 Å². The molecule has 0 fully saturated rings.